The monoisotopic (exact) mass is 213 g/mol. The molecule has 0 fully saturated rings. The van der Waals surface area contributed by atoms with Gasteiger partial charge in [0.1, 0.15) is 0 Å². The lowest BCUT2D eigenvalue weighted by molar-refractivity contribution is -0.385. The number of halogens is 1. The summed E-state index contributed by atoms with van der Waals surface area (Å²) in [7, 11) is 0. The first-order valence-electron chi connectivity index (χ1n) is 4.04. The summed E-state index contributed by atoms with van der Waals surface area (Å²) in [5.41, 5.74) is 0.542. The lowest BCUT2D eigenvalue weighted by Crippen LogP contribution is -2.01. The van der Waals surface area contributed by atoms with Gasteiger partial charge in [-0.15, -0.1) is 0 Å². The maximum atomic E-state index is 10.9. The maximum Gasteiger partial charge on any atom is 0.273 e. The van der Waals surface area contributed by atoms with Gasteiger partial charge in [-0.3, -0.25) is 14.9 Å². The van der Waals surface area contributed by atoms with Crippen molar-refractivity contribution in [3.05, 3.63) is 39.4 Å². The van der Waals surface area contributed by atoms with E-state index < -0.39 is 10.2 Å². The van der Waals surface area contributed by atoms with Crippen molar-refractivity contribution in [1.29, 1.82) is 0 Å². The summed E-state index contributed by atoms with van der Waals surface area (Å²) in [5.74, 6) is 0. The number of hydrogen-bond donors (Lipinski definition) is 0. The van der Waals surface area contributed by atoms with Crippen LogP contribution in [-0.2, 0) is 6.42 Å². The van der Waals surface area contributed by atoms with Crippen molar-refractivity contribution in [3.63, 3.8) is 0 Å². The number of carbonyl (C=O) groups excluding carboxylic acids is 1. The van der Waals surface area contributed by atoms with E-state index in [9.17, 15) is 14.9 Å². The van der Waals surface area contributed by atoms with Crippen LogP contribution in [-0.4, -0.2) is 10.2 Å². The summed E-state index contributed by atoms with van der Waals surface area (Å²) >= 11 is 5.30. The molecule has 0 spiro atoms. The molecule has 0 amide bonds. The molecule has 0 atom stereocenters. The quantitative estimate of drug-likeness (QED) is 0.440. The van der Waals surface area contributed by atoms with Crippen LogP contribution < -0.4 is 0 Å². The standard InChI is InChI=1S/C9H8ClNO3/c1-2-6-7(9(10)12)4-3-5-8(6)11(13)14/h3-5H,2H2,1H3. The Labute approximate surface area is 85.6 Å². The molecule has 0 aromatic heterocycles. The summed E-state index contributed by atoms with van der Waals surface area (Å²) in [6, 6.07) is 4.30. The predicted octanol–water partition coefficient (Wildman–Crippen LogP) is 2.54. The van der Waals surface area contributed by atoms with Crippen LogP contribution in [0.5, 0.6) is 0 Å². The Kier molecular flexibility index (Phi) is 3.19. The van der Waals surface area contributed by atoms with Gasteiger partial charge < -0.3 is 0 Å². The minimum atomic E-state index is -0.662. The van der Waals surface area contributed by atoms with Gasteiger partial charge in [-0.25, -0.2) is 0 Å². The number of nitro groups is 1. The molecule has 0 aliphatic heterocycles. The van der Waals surface area contributed by atoms with E-state index in [0.717, 1.165) is 0 Å². The fourth-order valence-electron chi connectivity index (χ4n) is 1.30. The molecule has 0 bridgehead atoms. The molecule has 0 heterocycles. The summed E-state index contributed by atoms with van der Waals surface area (Å²) < 4.78 is 0. The molecule has 1 aromatic rings. The number of hydrogen-bond acceptors (Lipinski definition) is 3. The van der Waals surface area contributed by atoms with Crippen molar-refractivity contribution in [2.75, 3.05) is 0 Å². The molecule has 74 valence electrons. The highest BCUT2D eigenvalue weighted by Gasteiger charge is 2.18. The highest BCUT2D eigenvalue weighted by atomic mass is 35.5. The van der Waals surface area contributed by atoms with Crippen molar-refractivity contribution in [2.24, 2.45) is 0 Å². The zero-order valence-corrected chi connectivity index (χ0v) is 8.25. The molecule has 0 aliphatic rings. The van der Waals surface area contributed by atoms with Crippen LogP contribution in [0, 0.1) is 10.1 Å². The molecule has 0 N–H and O–H groups in total. The predicted molar refractivity (Wildman–Crippen MR) is 52.7 cm³/mol. The van der Waals surface area contributed by atoms with Gasteiger partial charge in [-0.05, 0) is 24.1 Å². The van der Waals surface area contributed by atoms with Crippen LogP contribution in [0.25, 0.3) is 0 Å². The van der Waals surface area contributed by atoms with Crippen molar-refractivity contribution >= 4 is 22.5 Å². The third-order valence-electron chi connectivity index (χ3n) is 1.91. The van der Waals surface area contributed by atoms with Crippen LogP contribution in [0.2, 0.25) is 0 Å². The highest BCUT2D eigenvalue weighted by molar-refractivity contribution is 6.68. The Bertz CT molecular complexity index is 357. The lowest BCUT2D eigenvalue weighted by atomic mass is 10.0. The SMILES string of the molecule is CCc1c(C(=O)Cl)cccc1[N+](=O)[O-]. The minimum Gasteiger partial charge on any atom is -0.276 e. The van der Waals surface area contributed by atoms with E-state index in [1.54, 1.807) is 6.92 Å². The van der Waals surface area contributed by atoms with Crippen LogP contribution >= 0.6 is 11.6 Å². The van der Waals surface area contributed by atoms with Gasteiger partial charge in [-0.1, -0.05) is 13.0 Å². The van der Waals surface area contributed by atoms with Crippen LogP contribution in [0.4, 0.5) is 5.69 Å². The Morgan fingerprint density at radius 3 is 2.64 bits per heavy atom. The fraction of sp³-hybridized carbons (Fsp3) is 0.222. The molecule has 4 nitrogen and oxygen atoms in total. The zero-order valence-electron chi connectivity index (χ0n) is 7.49. The van der Waals surface area contributed by atoms with Crippen molar-refractivity contribution in [2.45, 2.75) is 13.3 Å². The summed E-state index contributed by atoms with van der Waals surface area (Å²) in [5, 5.41) is 9.95. The second-order valence-electron chi connectivity index (χ2n) is 2.69. The fourth-order valence-corrected chi connectivity index (χ4v) is 1.48. The van der Waals surface area contributed by atoms with E-state index in [1.165, 1.54) is 18.2 Å². The number of rotatable bonds is 3. The van der Waals surface area contributed by atoms with E-state index in [-0.39, 0.29) is 11.3 Å². The van der Waals surface area contributed by atoms with Gasteiger partial charge in [0.25, 0.3) is 10.9 Å². The van der Waals surface area contributed by atoms with Crippen molar-refractivity contribution < 1.29 is 9.72 Å². The lowest BCUT2D eigenvalue weighted by Gasteiger charge is -2.03. The Morgan fingerprint density at radius 2 is 2.21 bits per heavy atom. The van der Waals surface area contributed by atoms with E-state index in [2.05, 4.69) is 0 Å². The molecule has 0 unspecified atom stereocenters. The van der Waals surface area contributed by atoms with Crippen LogP contribution in [0.15, 0.2) is 18.2 Å². The molecule has 5 heteroatoms. The second-order valence-corrected chi connectivity index (χ2v) is 3.03. The first-order chi connectivity index (χ1) is 6.57. The largest absolute Gasteiger partial charge is 0.276 e. The number of nitro benzene ring substituents is 1. The van der Waals surface area contributed by atoms with Gasteiger partial charge in [0, 0.05) is 17.2 Å². The van der Waals surface area contributed by atoms with Gasteiger partial charge in [-0.2, -0.15) is 0 Å². The average Bonchev–Trinajstić information content (AvgIpc) is 2.16. The topological polar surface area (TPSA) is 60.2 Å². The van der Waals surface area contributed by atoms with E-state index in [1.807, 2.05) is 0 Å². The molecule has 1 aromatic carbocycles. The number of benzene rings is 1. The molecule has 0 aliphatic carbocycles. The van der Waals surface area contributed by atoms with E-state index >= 15 is 0 Å². The Hall–Kier alpha value is -1.42. The van der Waals surface area contributed by atoms with E-state index in [4.69, 9.17) is 11.6 Å². The highest BCUT2D eigenvalue weighted by Crippen LogP contribution is 2.23. The molecule has 0 radical (unpaired) electrons. The molecule has 1 rings (SSSR count). The Balaban J connectivity index is 3.39. The molecule has 0 saturated carbocycles. The third kappa shape index (κ3) is 1.90. The first-order valence-corrected chi connectivity index (χ1v) is 4.41. The van der Waals surface area contributed by atoms with Crippen LogP contribution in [0.3, 0.4) is 0 Å². The first kappa shape index (κ1) is 10.7. The van der Waals surface area contributed by atoms with Crippen molar-refractivity contribution in [1.82, 2.24) is 0 Å². The van der Waals surface area contributed by atoms with E-state index in [0.29, 0.717) is 12.0 Å². The molecule has 0 saturated heterocycles. The minimum absolute atomic E-state index is 0.0565. The maximum absolute atomic E-state index is 10.9. The van der Waals surface area contributed by atoms with Gasteiger partial charge in [0.15, 0.2) is 0 Å². The summed E-state index contributed by atoms with van der Waals surface area (Å²) in [6.07, 6.45) is 0.408. The van der Waals surface area contributed by atoms with Gasteiger partial charge >= 0.3 is 0 Å². The molecular formula is C9H8ClNO3. The van der Waals surface area contributed by atoms with Gasteiger partial charge in [0.05, 0.1) is 4.92 Å². The second kappa shape index (κ2) is 4.19. The third-order valence-corrected chi connectivity index (χ3v) is 2.12. The summed E-state index contributed by atoms with van der Waals surface area (Å²) in [4.78, 5) is 21.0. The molecular weight excluding hydrogens is 206 g/mol. The summed E-state index contributed by atoms with van der Waals surface area (Å²) in [6.45, 7) is 1.74. The zero-order chi connectivity index (χ0) is 10.7. The number of carbonyl (C=O) groups is 1. The average molecular weight is 214 g/mol. The van der Waals surface area contributed by atoms with Gasteiger partial charge in [0.2, 0.25) is 0 Å². The normalized spacial score (nSPS) is 9.86. The number of nitrogens with zero attached hydrogens (tertiary/aromatic N) is 1. The smallest absolute Gasteiger partial charge is 0.273 e. The Morgan fingerprint density at radius 1 is 1.57 bits per heavy atom. The van der Waals surface area contributed by atoms with Crippen LogP contribution in [0.1, 0.15) is 22.8 Å². The van der Waals surface area contributed by atoms with Crippen molar-refractivity contribution in [3.8, 4) is 0 Å². The molecule has 14 heavy (non-hydrogen) atoms.